The zero-order chi connectivity index (χ0) is 15.8. The third kappa shape index (κ3) is 4.13. The second kappa shape index (κ2) is 5.24. The Morgan fingerprint density at radius 1 is 1.19 bits per heavy atom. The van der Waals surface area contributed by atoms with Crippen molar-refractivity contribution in [1.82, 2.24) is 0 Å². The molecular formula is C17H27N3O. The van der Waals surface area contributed by atoms with Crippen LogP contribution in [0.3, 0.4) is 0 Å². The van der Waals surface area contributed by atoms with E-state index in [-0.39, 0.29) is 16.9 Å². The Kier molecular flexibility index (Phi) is 3.91. The number of aryl methyl sites for hydroxylation is 1. The molecule has 0 spiro atoms. The summed E-state index contributed by atoms with van der Waals surface area (Å²) in [6.45, 7) is 11.1. The Morgan fingerprint density at radius 3 is 2.48 bits per heavy atom. The average Bonchev–Trinajstić information content (AvgIpc) is 2.26. The minimum Gasteiger partial charge on any atom is -0.397 e. The van der Waals surface area contributed by atoms with Crippen LogP contribution >= 0.6 is 0 Å². The molecule has 0 bridgehead atoms. The number of anilines is 3. The van der Waals surface area contributed by atoms with E-state index in [0.29, 0.717) is 12.1 Å². The first-order valence-corrected chi connectivity index (χ1v) is 7.56. The molecule has 4 heteroatoms. The fraction of sp³-hybridized carbons (Fsp3) is 0.588. The molecule has 0 fully saturated rings. The summed E-state index contributed by atoms with van der Waals surface area (Å²) >= 11 is 0. The molecule has 116 valence electrons. The average molecular weight is 289 g/mol. The molecule has 4 N–H and O–H groups in total. The second-order valence-corrected chi connectivity index (χ2v) is 7.89. The Morgan fingerprint density at radius 2 is 1.86 bits per heavy atom. The second-order valence-electron chi connectivity index (χ2n) is 7.89. The van der Waals surface area contributed by atoms with E-state index < -0.39 is 0 Å². The Hall–Kier alpha value is -1.71. The van der Waals surface area contributed by atoms with Crippen molar-refractivity contribution in [3.05, 3.63) is 17.7 Å². The summed E-state index contributed by atoms with van der Waals surface area (Å²) in [5.41, 5.74) is 9.98. The van der Waals surface area contributed by atoms with E-state index in [1.807, 2.05) is 6.07 Å². The lowest BCUT2D eigenvalue weighted by Crippen LogP contribution is -2.35. The van der Waals surface area contributed by atoms with Crippen LogP contribution in [0, 0.1) is 5.41 Å². The van der Waals surface area contributed by atoms with Crippen LogP contribution in [0.25, 0.3) is 0 Å². The molecule has 1 aromatic carbocycles. The first kappa shape index (κ1) is 15.7. The number of nitrogen functional groups attached to an aromatic ring is 1. The van der Waals surface area contributed by atoms with Gasteiger partial charge in [0.1, 0.15) is 0 Å². The van der Waals surface area contributed by atoms with Gasteiger partial charge in [-0.15, -0.1) is 0 Å². The number of nitrogens with two attached hydrogens (primary N) is 1. The number of benzene rings is 1. The number of hydrogen-bond acceptors (Lipinski definition) is 3. The highest BCUT2D eigenvalue weighted by Crippen LogP contribution is 2.35. The Labute approximate surface area is 127 Å². The molecule has 1 aromatic rings. The van der Waals surface area contributed by atoms with Crippen molar-refractivity contribution in [3.8, 4) is 0 Å². The molecule has 0 saturated carbocycles. The van der Waals surface area contributed by atoms with E-state index in [4.69, 9.17) is 5.73 Å². The largest absolute Gasteiger partial charge is 0.397 e. The third-order valence-corrected chi connectivity index (χ3v) is 3.62. The summed E-state index contributed by atoms with van der Waals surface area (Å²) < 4.78 is 0. The van der Waals surface area contributed by atoms with Gasteiger partial charge in [-0.3, -0.25) is 4.79 Å². The molecule has 0 atom stereocenters. The number of rotatable bonds is 3. The van der Waals surface area contributed by atoms with E-state index in [2.05, 4.69) is 51.3 Å². The van der Waals surface area contributed by atoms with Crippen LogP contribution < -0.4 is 16.4 Å². The van der Waals surface area contributed by atoms with Crippen LogP contribution in [0.5, 0.6) is 0 Å². The van der Waals surface area contributed by atoms with Crippen LogP contribution in [0.4, 0.5) is 17.1 Å². The lowest BCUT2D eigenvalue weighted by Gasteiger charge is -2.35. The van der Waals surface area contributed by atoms with Gasteiger partial charge in [-0.25, -0.2) is 0 Å². The van der Waals surface area contributed by atoms with Crippen molar-refractivity contribution in [1.29, 1.82) is 0 Å². The van der Waals surface area contributed by atoms with Gasteiger partial charge in [0.25, 0.3) is 0 Å². The predicted molar refractivity (Wildman–Crippen MR) is 89.6 cm³/mol. The first-order valence-electron chi connectivity index (χ1n) is 7.56. The zero-order valence-corrected chi connectivity index (χ0v) is 13.8. The summed E-state index contributed by atoms with van der Waals surface area (Å²) in [4.78, 5) is 11.4. The quantitative estimate of drug-likeness (QED) is 0.742. The monoisotopic (exact) mass is 289 g/mol. The van der Waals surface area contributed by atoms with E-state index in [1.165, 1.54) is 0 Å². The normalized spacial score (nSPS) is 15.4. The summed E-state index contributed by atoms with van der Waals surface area (Å²) in [5.74, 6) is 0.0654. The van der Waals surface area contributed by atoms with Crippen LogP contribution in [0.1, 0.15) is 53.0 Å². The molecular weight excluding hydrogens is 262 g/mol. The predicted octanol–water partition coefficient (Wildman–Crippen LogP) is 3.78. The van der Waals surface area contributed by atoms with Gasteiger partial charge in [0.2, 0.25) is 5.91 Å². The van der Waals surface area contributed by atoms with Gasteiger partial charge in [-0.05, 0) is 49.8 Å². The van der Waals surface area contributed by atoms with Crippen molar-refractivity contribution >= 4 is 23.0 Å². The molecule has 0 aromatic heterocycles. The van der Waals surface area contributed by atoms with E-state index in [1.54, 1.807) is 0 Å². The van der Waals surface area contributed by atoms with E-state index in [0.717, 1.165) is 29.8 Å². The van der Waals surface area contributed by atoms with Crippen LogP contribution in [0.2, 0.25) is 0 Å². The Balaban J connectivity index is 2.23. The topological polar surface area (TPSA) is 67.2 Å². The summed E-state index contributed by atoms with van der Waals surface area (Å²) in [7, 11) is 0. The highest BCUT2D eigenvalue weighted by molar-refractivity contribution is 5.95. The SMILES string of the molecule is CC(C)(C)CC(C)(C)Nc1cc2c(cc1N)NC(=O)CC2. The molecule has 2 rings (SSSR count). The molecule has 0 unspecified atom stereocenters. The van der Waals surface area contributed by atoms with Gasteiger partial charge in [0.15, 0.2) is 0 Å². The molecule has 4 nitrogen and oxygen atoms in total. The smallest absolute Gasteiger partial charge is 0.224 e. The minimum absolute atomic E-state index is 0.0431. The summed E-state index contributed by atoms with van der Waals surface area (Å²) in [6, 6.07) is 3.94. The van der Waals surface area contributed by atoms with Crippen LogP contribution in [0.15, 0.2) is 12.1 Å². The lowest BCUT2D eigenvalue weighted by atomic mass is 9.81. The first-order chi connectivity index (χ1) is 9.56. The Bertz CT molecular complexity index is 556. The number of nitrogens with one attached hydrogen (secondary N) is 2. The molecule has 0 radical (unpaired) electrons. The van der Waals surface area contributed by atoms with Gasteiger partial charge in [-0.1, -0.05) is 20.8 Å². The maximum absolute atomic E-state index is 11.4. The van der Waals surface area contributed by atoms with Gasteiger partial charge < -0.3 is 16.4 Å². The van der Waals surface area contributed by atoms with Crippen molar-refractivity contribution < 1.29 is 4.79 Å². The molecule has 1 aliphatic rings. The van der Waals surface area contributed by atoms with Crippen molar-refractivity contribution in [2.45, 2.75) is 59.4 Å². The maximum atomic E-state index is 11.4. The standard InChI is InChI=1S/C17H27N3O/c1-16(2,3)10-17(4,5)20-14-8-11-6-7-15(21)19-13(11)9-12(14)18/h8-9,20H,6-7,10,18H2,1-5H3,(H,19,21). The number of fused-ring (bicyclic) bond motifs is 1. The van der Waals surface area contributed by atoms with Crippen LogP contribution in [-0.2, 0) is 11.2 Å². The summed E-state index contributed by atoms with van der Waals surface area (Å²) in [5, 5.41) is 6.45. The molecule has 0 aliphatic carbocycles. The third-order valence-electron chi connectivity index (χ3n) is 3.62. The van der Waals surface area contributed by atoms with Crippen molar-refractivity contribution in [3.63, 3.8) is 0 Å². The van der Waals surface area contributed by atoms with Gasteiger partial charge in [0.05, 0.1) is 11.4 Å². The zero-order valence-electron chi connectivity index (χ0n) is 13.8. The van der Waals surface area contributed by atoms with Gasteiger partial charge in [-0.2, -0.15) is 0 Å². The van der Waals surface area contributed by atoms with E-state index in [9.17, 15) is 4.79 Å². The molecule has 1 aliphatic heterocycles. The highest BCUT2D eigenvalue weighted by Gasteiger charge is 2.26. The molecule has 0 saturated heterocycles. The molecule has 1 amide bonds. The fourth-order valence-corrected chi connectivity index (χ4v) is 3.29. The number of carbonyl (C=O) groups excluding carboxylic acids is 1. The highest BCUT2D eigenvalue weighted by atomic mass is 16.1. The van der Waals surface area contributed by atoms with Gasteiger partial charge in [0, 0.05) is 17.6 Å². The number of carbonyl (C=O) groups is 1. The molecule has 1 heterocycles. The summed E-state index contributed by atoms with van der Waals surface area (Å²) in [6.07, 6.45) is 2.35. The van der Waals surface area contributed by atoms with Crippen LogP contribution in [-0.4, -0.2) is 11.4 Å². The maximum Gasteiger partial charge on any atom is 0.224 e. The van der Waals surface area contributed by atoms with Crippen molar-refractivity contribution in [2.75, 3.05) is 16.4 Å². The fourth-order valence-electron chi connectivity index (χ4n) is 3.29. The van der Waals surface area contributed by atoms with E-state index >= 15 is 0 Å². The lowest BCUT2D eigenvalue weighted by molar-refractivity contribution is -0.116. The number of amides is 1. The molecule has 21 heavy (non-hydrogen) atoms. The van der Waals surface area contributed by atoms with Gasteiger partial charge >= 0.3 is 0 Å². The minimum atomic E-state index is -0.0431. The van der Waals surface area contributed by atoms with Crippen molar-refractivity contribution in [2.24, 2.45) is 5.41 Å². The number of hydrogen-bond donors (Lipinski definition) is 3.